The lowest BCUT2D eigenvalue weighted by Gasteiger charge is -2.36. The van der Waals surface area contributed by atoms with Crippen LogP contribution in [0.2, 0.25) is 0 Å². The van der Waals surface area contributed by atoms with Crippen molar-refractivity contribution in [1.29, 1.82) is 0 Å². The van der Waals surface area contributed by atoms with Crippen LogP contribution < -0.4 is 14.4 Å². The van der Waals surface area contributed by atoms with Crippen LogP contribution in [0.15, 0.2) is 53.4 Å². The van der Waals surface area contributed by atoms with Crippen LogP contribution in [0.1, 0.15) is 12.5 Å². The Bertz CT molecular complexity index is 1150. The van der Waals surface area contributed by atoms with E-state index < -0.39 is 17.8 Å². The fourth-order valence-corrected chi connectivity index (χ4v) is 4.79. The van der Waals surface area contributed by atoms with Crippen LogP contribution in [0.25, 0.3) is 6.08 Å². The smallest absolute Gasteiger partial charge is 0.387 e. The monoisotopic (exact) mass is 517 g/mol. The number of nitrogens with zero attached hydrogens (tertiary/aromatic N) is 3. The molecule has 8 nitrogen and oxygen atoms in total. The van der Waals surface area contributed by atoms with Crippen LogP contribution in [0.5, 0.6) is 11.5 Å². The minimum Gasteiger partial charge on any atom is -0.490 e. The van der Waals surface area contributed by atoms with Gasteiger partial charge in [-0.15, -0.1) is 0 Å². The van der Waals surface area contributed by atoms with Crippen LogP contribution in [0, 0.1) is 0 Å². The molecule has 2 aromatic carbocycles. The third kappa shape index (κ3) is 5.96. The van der Waals surface area contributed by atoms with E-state index in [9.17, 15) is 23.2 Å². The highest BCUT2D eigenvalue weighted by Crippen LogP contribution is 2.35. The maximum atomic E-state index is 12.9. The molecule has 3 amide bonds. The van der Waals surface area contributed by atoms with Crippen molar-refractivity contribution in [3.63, 3.8) is 0 Å². The standard InChI is InChI=1S/C25H25F2N3O5S/c1-2-34-20-14-17(8-9-19(20)35-24(26)27)15-21-23(32)30(25(33)36-21)16-22(31)29-12-10-28(11-13-29)18-6-4-3-5-7-18/h3-9,14-15,24H,2,10-13,16H2,1H3/b21-15-. The topological polar surface area (TPSA) is 79.4 Å². The number of amides is 3. The number of benzene rings is 2. The molecule has 0 spiro atoms. The Morgan fingerprint density at radius 1 is 1.06 bits per heavy atom. The highest BCUT2D eigenvalue weighted by molar-refractivity contribution is 8.18. The van der Waals surface area contributed by atoms with E-state index >= 15 is 0 Å². The number of hydrogen-bond donors (Lipinski definition) is 0. The van der Waals surface area contributed by atoms with Crippen LogP contribution in [-0.4, -0.2) is 72.8 Å². The van der Waals surface area contributed by atoms with E-state index in [0.717, 1.165) is 22.3 Å². The first-order valence-corrected chi connectivity index (χ1v) is 12.2. The van der Waals surface area contributed by atoms with E-state index in [1.54, 1.807) is 11.8 Å². The van der Waals surface area contributed by atoms with Gasteiger partial charge < -0.3 is 19.3 Å². The van der Waals surface area contributed by atoms with Gasteiger partial charge in [-0.25, -0.2) is 0 Å². The highest BCUT2D eigenvalue weighted by Gasteiger charge is 2.37. The minimum absolute atomic E-state index is 0.0931. The van der Waals surface area contributed by atoms with E-state index in [-0.39, 0.29) is 35.5 Å². The summed E-state index contributed by atoms with van der Waals surface area (Å²) in [5.74, 6) is -0.906. The van der Waals surface area contributed by atoms with E-state index in [4.69, 9.17) is 4.74 Å². The summed E-state index contributed by atoms with van der Waals surface area (Å²) in [5, 5.41) is -0.537. The number of carbonyl (C=O) groups excluding carboxylic acids is 3. The molecule has 36 heavy (non-hydrogen) atoms. The Kier molecular flexibility index (Phi) is 8.09. The Balaban J connectivity index is 1.39. The second kappa shape index (κ2) is 11.4. The molecule has 2 fully saturated rings. The lowest BCUT2D eigenvalue weighted by molar-refractivity contribution is -0.136. The van der Waals surface area contributed by atoms with Gasteiger partial charge in [0, 0.05) is 31.9 Å². The van der Waals surface area contributed by atoms with E-state index in [0.29, 0.717) is 31.7 Å². The van der Waals surface area contributed by atoms with E-state index in [1.165, 1.54) is 24.3 Å². The molecular formula is C25H25F2N3O5S. The zero-order valence-corrected chi connectivity index (χ0v) is 20.4. The number of hydrogen-bond acceptors (Lipinski definition) is 7. The maximum Gasteiger partial charge on any atom is 0.387 e. The molecule has 0 aliphatic carbocycles. The molecule has 2 aliphatic rings. The van der Waals surface area contributed by atoms with Crippen molar-refractivity contribution in [2.75, 3.05) is 44.2 Å². The largest absolute Gasteiger partial charge is 0.490 e. The molecule has 0 aromatic heterocycles. The summed E-state index contributed by atoms with van der Waals surface area (Å²) in [6, 6.07) is 14.1. The van der Waals surface area contributed by atoms with Gasteiger partial charge in [0.25, 0.3) is 11.1 Å². The van der Waals surface area contributed by atoms with Gasteiger partial charge in [-0.05, 0) is 54.6 Å². The van der Waals surface area contributed by atoms with Gasteiger partial charge in [-0.2, -0.15) is 8.78 Å². The fourth-order valence-electron chi connectivity index (χ4n) is 3.95. The van der Waals surface area contributed by atoms with Crippen molar-refractivity contribution < 1.29 is 32.6 Å². The number of carbonyl (C=O) groups is 3. The van der Waals surface area contributed by atoms with E-state index in [1.807, 2.05) is 30.3 Å². The van der Waals surface area contributed by atoms with Crippen LogP contribution >= 0.6 is 11.8 Å². The molecule has 190 valence electrons. The SMILES string of the molecule is CCOc1cc(/C=C2\SC(=O)N(CC(=O)N3CCN(c4ccccc4)CC3)C2=O)ccc1OC(F)F. The first kappa shape index (κ1) is 25.5. The molecular weight excluding hydrogens is 492 g/mol. The predicted octanol–water partition coefficient (Wildman–Crippen LogP) is 4.07. The maximum absolute atomic E-state index is 12.9. The van der Waals surface area contributed by atoms with Crippen molar-refractivity contribution in [3.05, 3.63) is 59.0 Å². The summed E-state index contributed by atoms with van der Waals surface area (Å²) in [5.41, 5.74) is 1.55. The number of para-hydroxylation sites is 1. The molecule has 2 aliphatic heterocycles. The van der Waals surface area contributed by atoms with Crippen LogP contribution in [-0.2, 0) is 9.59 Å². The van der Waals surface area contributed by atoms with Crippen molar-refractivity contribution in [2.45, 2.75) is 13.5 Å². The third-order valence-electron chi connectivity index (χ3n) is 5.70. The van der Waals surface area contributed by atoms with Crippen molar-refractivity contribution in [2.24, 2.45) is 0 Å². The van der Waals surface area contributed by atoms with Gasteiger partial charge in [-0.1, -0.05) is 24.3 Å². The number of thioether (sulfide) groups is 1. The average molecular weight is 518 g/mol. The Morgan fingerprint density at radius 3 is 2.44 bits per heavy atom. The van der Waals surface area contributed by atoms with Crippen LogP contribution in [0.4, 0.5) is 19.3 Å². The molecule has 2 heterocycles. The van der Waals surface area contributed by atoms with Gasteiger partial charge in [-0.3, -0.25) is 19.3 Å². The molecule has 2 saturated heterocycles. The Morgan fingerprint density at radius 2 is 1.78 bits per heavy atom. The lowest BCUT2D eigenvalue weighted by atomic mass is 10.2. The van der Waals surface area contributed by atoms with Gasteiger partial charge in [0.15, 0.2) is 11.5 Å². The van der Waals surface area contributed by atoms with Crippen LogP contribution in [0.3, 0.4) is 0 Å². The highest BCUT2D eigenvalue weighted by atomic mass is 32.2. The fraction of sp³-hybridized carbons (Fsp3) is 0.320. The van der Waals surface area contributed by atoms with Crippen molar-refractivity contribution >= 4 is 40.6 Å². The molecule has 0 atom stereocenters. The number of piperazine rings is 1. The van der Waals surface area contributed by atoms with Gasteiger partial charge in [0.2, 0.25) is 5.91 Å². The first-order valence-electron chi connectivity index (χ1n) is 11.4. The molecule has 2 aromatic rings. The molecule has 0 unspecified atom stereocenters. The quantitative estimate of drug-likeness (QED) is 0.489. The zero-order chi connectivity index (χ0) is 25.7. The summed E-state index contributed by atoms with van der Waals surface area (Å²) >= 11 is 0.725. The summed E-state index contributed by atoms with van der Waals surface area (Å²) in [4.78, 5) is 43.1. The van der Waals surface area contributed by atoms with E-state index in [2.05, 4.69) is 9.64 Å². The van der Waals surface area contributed by atoms with Gasteiger partial charge in [0.1, 0.15) is 6.54 Å². The molecule has 0 radical (unpaired) electrons. The lowest BCUT2D eigenvalue weighted by Crippen LogP contribution is -2.51. The predicted molar refractivity (Wildman–Crippen MR) is 132 cm³/mol. The number of alkyl halides is 2. The second-order valence-electron chi connectivity index (χ2n) is 7.99. The molecule has 4 rings (SSSR count). The molecule has 0 saturated carbocycles. The molecule has 0 bridgehead atoms. The minimum atomic E-state index is -3.01. The zero-order valence-electron chi connectivity index (χ0n) is 19.6. The second-order valence-corrected chi connectivity index (χ2v) is 8.98. The molecule has 11 heteroatoms. The van der Waals surface area contributed by atoms with Gasteiger partial charge in [0.05, 0.1) is 11.5 Å². The summed E-state index contributed by atoms with van der Waals surface area (Å²) in [6.45, 7) is 0.879. The average Bonchev–Trinajstić information content (AvgIpc) is 3.13. The Labute approximate surface area is 211 Å². The number of anilines is 1. The Hall–Kier alpha value is -3.60. The van der Waals surface area contributed by atoms with Gasteiger partial charge >= 0.3 is 6.61 Å². The number of imide groups is 1. The number of halogens is 2. The van der Waals surface area contributed by atoms with Crippen molar-refractivity contribution in [3.8, 4) is 11.5 Å². The summed E-state index contributed by atoms with van der Waals surface area (Å²) in [6.07, 6.45) is 1.46. The first-order chi connectivity index (χ1) is 17.4. The van der Waals surface area contributed by atoms with Crippen molar-refractivity contribution in [1.82, 2.24) is 9.80 Å². The number of ether oxygens (including phenoxy) is 2. The summed E-state index contributed by atoms with van der Waals surface area (Å²) in [7, 11) is 0. The normalized spacial score (nSPS) is 17.3. The summed E-state index contributed by atoms with van der Waals surface area (Å²) < 4.78 is 35.1. The third-order valence-corrected chi connectivity index (χ3v) is 6.61. The molecule has 0 N–H and O–H groups in total. The number of rotatable bonds is 8.